The summed E-state index contributed by atoms with van der Waals surface area (Å²) in [6.45, 7) is 1.00. The maximum absolute atomic E-state index is 14.1. The van der Waals surface area contributed by atoms with E-state index in [-0.39, 0.29) is 6.04 Å². The molecular weight excluding hydrogens is 317 g/mol. The van der Waals surface area contributed by atoms with E-state index >= 15 is 0 Å². The van der Waals surface area contributed by atoms with Gasteiger partial charge in [0.15, 0.2) is 11.5 Å². The number of halogens is 2. The van der Waals surface area contributed by atoms with Gasteiger partial charge in [0.25, 0.3) is 6.29 Å². The fraction of sp³-hybridized carbons (Fsp3) is 0.333. The van der Waals surface area contributed by atoms with Crippen molar-refractivity contribution in [1.29, 1.82) is 0 Å². The zero-order valence-corrected chi connectivity index (χ0v) is 13.3. The van der Waals surface area contributed by atoms with Crippen LogP contribution in [-0.2, 0) is 0 Å². The highest BCUT2D eigenvalue weighted by atomic mass is 35.5. The summed E-state index contributed by atoms with van der Waals surface area (Å²) in [7, 11) is 0. The van der Waals surface area contributed by atoms with Gasteiger partial charge in [0.2, 0.25) is 0 Å². The van der Waals surface area contributed by atoms with Crippen LogP contribution in [0.25, 0.3) is 0 Å². The minimum Gasteiger partial charge on any atom is -0.447 e. The van der Waals surface area contributed by atoms with Crippen molar-refractivity contribution in [2.24, 2.45) is 0 Å². The fourth-order valence-corrected chi connectivity index (χ4v) is 3.37. The summed E-state index contributed by atoms with van der Waals surface area (Å²) in [5.74, 6) is 0.952. The molecule has 2 aliphatic heterocycles. The quantitative estimate of drug-likeness (QED) is 0.859. The largest absolute Gasteiger partial charge is 0.447 e. The van der Waals surface area contributed by atoms with Gasteiger partial charge in [-0.25, -0.2) is 4.39 Å². The van der Waals surface area contributed by atoms with Crippen molar-refractivity contribution in [1.82, 2.24) is 5.32 Å². The van der Waals surface area contributed by atoms with Crippen LogP contribution >= 0.6 is 11.6 Å². The first kappa shape index (κ1) is 14.8. The highest BCUT2D eigenvalue weighted by Gasteiger charge is 2.32. The van der Waals surface area contributed by atoms with Crippen molar-refractivity contribution in [3.8, 4) is 11.5 Å². The number of nitrogens with one attached hydrogen (secondary N) is 1. The molecule has 4 rings (SSSR count). The van der Waals surface area contributed by atoms with Gasteiger partial charge in [-0.1, -0.05) is 30.2 Å². The van der Waals surface area contributed by atoms with Gasteiger partial charge in [0, 0.05) is 16.6 Å². The summed E-state index contributed by atoms with van der Waals surface area (Å²) >= 11 is 5.81. The van der Waals surface area contributed by atoms with E-state index in [2.05, 4.69) is 5.32 Å². The van der Waals surface area contributed by atoms with Gasteiger partial charge in [-0.05, 0) is 43.7 Å². The number of benzene rings is 2. The van der Waals surface area contributed by atoms with Crippen molar-refractivity contribution < 1.29 is 13.9 Å². The Hall–Kier alpha value is -1.78. The third-order valence-corrected chi connectivity index (χ3v) is 4.61. The van der Waals surface area contributed by atoms with E-state index < -0.39 is 12.1 Å². The smallest absolute Gasteiger partial charge is 0.270 e. The molecule has 1 fully saturated rings. The van der Waals surface area contributed by atoms with E-state index in [1.54, 1.807) is 12.1 Å². The molecule has 2 aromatic carbocycles. The van der Waals surface area contributed by atoms with Gasteiger partial charge in [0.05, 0.1) is 5.56 Å². The number of fused-ring (bicyclic) bond motifs is 1. The molecule has 0 bridgehead atoms. The second-order valence-electron chi connectivity index (χ2n) is 5.91. The summed E-state index contributed by atoms with van der Waals surface area (Å²) in [5.41, 5.74) is 1.44. The summed E-state index contributed by atoms with van der Waals surface area (Å²) in [5, 5.41) is 3.87. The highest BCUT2D eigenvalue weighted by Crippen LogP contribution is 2.46. The molecule has 120 valence electrons. The van der Waals surface area contributed by atoms with Crippen LogP contribution in [0.4, 0.5) is 4.39 Å². The third-order valence-electron chi connectivity index (χ3n) is 4.37. The van der Waals surface area contributed by atoms with Gasteiger partial charge >= 0.3 is 0 Å². The number of hydrogen-bond acceptors (Lipinski definition) is 3. The summed E-state index contributed by atoms with van der Waals surface area (Å²) in [6, 6.07) is 10.6. The molecule has 0 amide bonds. The first-order valence-electron chi connectivity index (χ1n) is 7.87. The predicted octanol–water partition coefficient (Wildman–Crippen LogP) is 4.76. The maximum atomic E-state index is 14.1. The molecule has 2 atom stereocenters. The molecule has 0 saturated carbocycles. The molecule has 5 heteroatoms. The zero-order chi connectivity index (χ0) is 15.8. The molecule has 2 aliphatic rings. The molecule has 0 radical (unpaired) electrons. The molecule has 0 aliphatic carbocycles. The van der Waals surface area contributed by atoms with Crippen LogP contribution in [0.1, 0.15) is 42.7 Å². The molecule has 1 N–H and O–H groups in total. The monoisotopic (exact) mass is 333 g/mol. The number of rotatable bonds is 2. The first-order chi connectivity index (χ1) is 11.2. The molecule has 2 unspecified atom stereocenters. The predicted molar refractivity (Wildman–Crippen MR) is 86.4 cm³/mol. The summed E-state index contributed by atoms with van der Waals surface area (Å²) in [4.78, 5) is 0. The van der Waals surface area contributed by atoms with Gasteiger partial charge in [-0.2, -0.15) is 0 Å². The van der Waals surface area contributed by atoms with Crippen LogP contribution in [0.15, 0.2) is 36.4 Å². The van der Waals surface area contributed by atoms with Crippen LogP contribution in [0.3, 0.4) is 0 Å². The molecule has 3 nitrogen and oxygen atoms in total. The molecule has 0 spiro atoms. The lowest BCUT2D eigenvalue weighted by molar-refractivity contribution is 0.0446. The molecular formula is C18H17ClFNO2. The van der Waals surface area contributed by atoms with Gasteiger partial charge in [0.1, 0.15) is 5.82 Å². The average molecular weight is 334 g/mol. The van der Waals surface area contributed by atoms with Gasteiger partial charge < -0.3 is 14.8 Å². The third kappa shape index (κ3) is 2.77. The molecule has 23 heavy (non-hydrogen) atoms. The van der Waals surface area contributed by atoms with Crippen LogP contribution in [-0.4, -0.2) is 6.54 Å². The van der Waals surface area contributed by atoms with Crippen molar-refractivity contribution in [3.63, 3.8) is 0 Å². The van der Waals surface area contributed by atoms with E-state index in [0.717, 1.165) is 18.5 Å². The molecule has 0 aromatic heterocycles. The number of ether oxygens (including phenoxy) is 2. The lowest BCUT2D eigenvalue weighted by Gasteiger charge is -2.24. The van der Waals surface area contributed by atoms with E-state index in [4.69, 9.17) is 21.1 Å². The van der Waals surface area contributed by atoms with Crippen LogP contribution < -0.4 is 14.8 Å². The van der Waals surface area contributed by atoms with Crippen LogP contribution in [0, 0.1) is 5.82 Å². The topological polar surface area (TPSA) is 30.5 Å². The lowest BCUT2D eigenvalue weighted by Crippen LogP contribution is -2.27. The van der Waals surface area contributed by atoms with Crippen molar-refractivity contribution in [3.05, 3.63) is 58.4 Å². The van der Waals surface area contributed by atoms with Gasteiger partial charge in [-0.15, -0.1) is 0 Å². The Labute approximate surface area is 139 Å². The summed E-state index contributed by atoms with van der Waals surface area (Å²) < 4.78 is 25.9. The van der Waals surface area contributed by atoms with Crippen molar-refractivity contribution >= 4 is 11.6 Å². The Kier molecular flexibility index (Phi) is 3.87. The second-order valence-corrected chi connectivity index (χ2v) is 6.35. The van der Waals surface area contributed by atoms with Gasteiger partial charge in [-0.3, -0.25) is 0 Å². The number of hydrogen-bond donors (Lipinski definition) is 1. The minimum absolute atomic E-state index is 0.260. The molecule has 2 aromatic rings. The standard InChI is InChI=1S/C18H17ClFNO2/c19-11-7-8-12(14(20)10-11)18-22-16-6-3-4-13(17(16)23-18)15-5-1-2-9-21-15/h3-4,6-8,10,15,18,21H,1-2,5,9H2. The minimum atomic E-state index is -0.771. The van der Waals surface area contributed by atoms with Crippen molar-refractivity contribution in [2.45, 2.75) is 31.6 Å². The Morgan fingerprint density at radius 2 is 2.00 bits per heavy atom. The summed E-state index contributed by atoms with van der Waals surface area (Å²) in [6.07, 6.45) is 2.69. The number of piperidine rings is 1. The van der Waals surface area contributed by atoms with E-state index in [1.807, 2.05) is 18.2 Å². The highest BCUT2D eigenvalue weighted by molar-refractivity contribution is 6.30. The van der Waals surface area contributed by atoms with Crippen LogP contribution in [0.2, 0.25) is 5.02 Å². The van der Waals surface area contributed by atoms with Crippen molar-refractivity contribution in [2.75, 3.05) is 6.54 Å². The Morgan fingerprint density at radius 3 is 2.78 bits per heavy atom. The number of para-hydroxylation sites is 1. The lowest BCUT2D eigenvalue weighted by atomic mass is 9.96. The van der Waals surface area contributed by atoms with E-state index in [1.165, 1.54) is 18.9 Å². The Morgan fingerprint density at radius 1 is 1.09 bits per heavy atom. The van der Waals surface area contributed by atoms with E-state index in [9.17, 15) is 4.39 Å². The molecule has 1 saturated heterocycles. The zero-order valence-electron chi connectivity index (χ0n) is 12.5. The SMILES string of the molecule is Fc1cc(Cl)ccc1C1Oc2cccc(C3CCCCN3)c2O1. The Balaban J connectivity index is 1.64. The van der Waals surface area contributed by atoms with E-state index in [0.29, 0.717) is 22.1 Å². The Bertz CT molecular complexity index is 731. The fourth-order valence-electron chi connectivity index (χ4n) is 3.21. The second kappa shape index (κ2) is 6.02. The average Bonchev–Trinajstić information content (AvgIpc) is 2.99. The molecule has 2 heterocycles. The first-order valence-corrected chi connectivity index (χ1v) is 8.25. The maximum Gasteiger partial charge on any atom is 0.270 e. The van der Waals surface area contributed by atoms with Crippen LogP contribution in [0.5, 0.6) is 11.5 Å². The normalized spacial score (nSPS) is 23.0.